The van der Waals surface area contributed by atoms with E-state index < -0.39 is 10.0 Å². The predicted molar refractivity (Wildman–Crippen MR) is 113 cm³/mol. The van der Waals surface area contributed by atoms with E-state index in [4.69, 9.17) is 0 Å². The van der Waals surface area contributed by atoms with Gasteiger partial charge in [-0.3, -0.25) is 9.52 Å². The van der Waals surface area contributed by atoms with Crippen LogP contribution >= 0.6 is 0 Å². The first kappa shape index (κ1) is 19.4. The van der Waals surface area contributed by atoms with Crippen molar-refractivity contribution in [2.45, 2.75) is 11.8 Å². The Morgan fingerprint density at radius 1 is 0.821 bits per heavy atom. The molecule has 142 valence electrons. The van der Waals surface area contributed by atoms with Crippen LogP contribution in [-0.2, 0) is 14.8 Å². The maximum Gasteiger partial charge on any atom is 0.261 e. The van der Waals surface area contributed by atoms with E-state index >= 15 is 0 Å². The number of rotatable bonds is 6. The van der Waals surface area contributed by atoms with E-state index in [0.717, 1.165) is 11.1 Å². The number of sulfonamides is 1. The van der Waals surface area contributed by atoms with Crippen molar-refractivity contribution in [3.63, 3.8) is 0 Å². The first-order valence-corrected chi connectivity index (χ1v) is 10.1. The first-order chi connectivity index (χ1) is 13.4. The highest BCUT2D eigenvalue weighted by Gasteiger charge is 2.14. The third-order valence-electron chi connectivity index (χ3n) is 3.96. The average molecular weight is 392 g/mol. The van der Waals surface area contributed by atoms with Gasteiger partial charge in [0.1, 0.15) is 0 Å². The SMILES string of the molecule is Cc1ccc(NS(=O)(=O)c2ccc(NC(=O)C=Cc3ccccc3)cc2)cc1. The van der Waals surface area contributed by atoms with Crippen LogP contribution in [0.25, 0.3) is 6.08 Å². The smallest absolute Gasteiger partial charge is 0.261 e. The Hall–Kier alpha value is -3.38. The summed E-state index contributed by atoms with van der Waals surface area (Å²) in [6.45, 7) is 1.93. The van der Waals surface area contributed by atoms with Gasteiger partial charge in [0.2, 0.25) is 5.91 Å². The number of carbonyl (C=O) groups excluding carboxylic acids is 1. The van der Waals surface area contributed by atoms with E-state index in [-0.39, 0.29) is 10.8 Å². The van der Waals surface area contributed by atoms with Gasteiger partial charge in [0.05, 0.1) is 4.90 Å². The van der Waals surface area contributed by atoms with Crippen molar-refractivity contribution in [2.75, 3.05) is 10.0 Å². The normalized spacial score (nSPS) is 11.3. The summed E-state index contributed by atoms with van der Waals surface area (Å²) in [4.78, 5) is 12.1. The molecule has 0 saturated carbocycles. The fourth-order valence-electron chi connectivity index (χ4n) is 2.47. The molecule has 0 radical (unpaired) electrons. The summed E-state index contributed by atoms with van der Waals surface area (Å²) >= 11 is 0. The molecular formula is C22H20N2O3S. The van der Waals surface area contributed by atoms with Crippen molar-refractivity contribution in [3.05, 3.63) is 96.1 Å². The summed E-state index contributed by atoms with van der Waals surface area (Å²) in [6.07, 6.45) is 3.14. The maximum absolute atomic E-state index is 12.5. The third-order valence-corrected chi connectivity index (χ3v) is 5.36. The molecule has 0 aliphatic heterocycles. The highest BCUT2D eigenvalue weighted by Crippen LogP contribution is 2.18. The number of hydrogen-bond donors (Lipinski definition) is 2. The van der Waals surface area contributed by atoms with Gasteiger partial charge in [-0.15, -0.1) is 0 Å². The molecule has 3 aromatic rings. The minimum absolute atomic E-state index is 0.117. The molecule has 0 atom stereocenters. The van der Waals surface area contributed by atoms with Crippen LogP contribution in [-0.4, -0.2) is 14.3 Å². The lowest BCUT2D eigenvalue weighted by Gasteiger charge is -2.09. The maximum atomic E-state index is 12.5. The average Bonchev–Trinajstić information content (AvgIpc) is 2.69. The van der Waals surface area contributed by atoms with E-state index in [1.807, 2.05) is 49.4 Å². The minimum atomic E-state index is -3.69. The van der Waals surface area contributed by atoms with Crippen LogP contribution in [0.5, 0.6) is 0 Å². The zero-order valence-corrected chi connectivity index (χ0v) is 16.1. The lowest BCUT2D eigenvalue weighted by atomic mass is 10.2. The largest absolute Gasteiger partial charge is 0.323 e. The van der Waals surface area contributed by atoms with E-state index in [1.165, 1.54) is 18.2 Å². The van der Waals surface area contributed by atoms with Gasteiger partial charge in [-0.25, -0.2) is 8.42 Å². The number of benzene rings is 3. The van der Waals surface area contributed by atoms with Crippen LogP contribution in [0.4, 0.5) is 11.4 Å². The Morgan fingerprint density at radius 2 is 1.43 bits per heavy atom. The quantitative estimate of drug-likeness (QED) is 0.609. The fourth-order valence-corrected chi connectivity index (χ4v) is 3.53. The Balaban J connectivity index is 1.64. The molecule has 0 saturated heterocycles. The summed E-state index contributed by atoms with van der Waals surface area (Å²) in [6, 6.07) is 22.6. The van der Waals surface area contributed by atoms with E-state index in [9.17, 15) is 13.2 Å². The lowest BCUT2D eigenvalue weighted by molar-refractivity contribution is -0.111. The first-order valence-electron chi connectivity index (χ1n) is 8.66. The fraction of sp³-hybridized carbons (Fsp3) is 0.0455. The van der Waals surface area contributed by atoms with Crippen molar-refractivity contribution >= 4 is 33.4 Å². The van der Waals surface area contributed by atoms with Crippen LogP contribution in [0.3, 0.4) is 0 Å². The van der Waals surface area contributed by atoms with Gasteiger partial charge in [0.25, 0.3) is 10.0 Å². The molecule has 0 aliphatic rings. The van der Waals surface area contributed by atoms with Crippen molar-refractivity contribution in [2.24, 2.45) is 0 Å². The molecule has 0 bridgehead atoms. The molecule has 6 heteroatoms. The Kier molecular flexibility index (Phi) is 5.91. The zero-order valence-electron chi connectivity index (χ0n) is 15.3. The number of nitrogens with one attached hydrogen (secondary N) is 2. The van der Waals surface area contributed by atoms with E-state index in [0.29, 0.717) is 11.4 Å². The highest BCUT2D eigenvalue weighted by molar-refractivity contribution is 7.92. The van der Waals surface area contributed by atoms with Crippen LogP contribution in [0.2, 0.25) is 0 Å². The zero-order chi connectivity index (χ0) is 20.0. The summed E-state index contributed by atoms with van der Waals surface area (Å²) in [5.41, 5.74) is 2.97. The summed E-state index contributed by atoms with van der Waals surface area (Å²) in [7, 11) is -3.69. The van der Waals surface area contributed by atoms with E-state index in [2.05, 4.69) is 10.0 Å². The second-order valence-corrected chi connectivity index (χ2v) is 7.91. The second kappa shape index (κ2) is 8.54. The molecule has 0 unspecified atom stereocenters. The number of carbonyl (C=O) groups is 1. The standard InChI is InChI=1S/C22H20N2O3S/c1-17-7-10-20(11-8-17)24-28(26,27)21-14-12-19(13-15-21)23-22(25)16-9-18-5-3-2-4-6-18/h2-16,24H,1H3,(H,23,25). The molecule has 3 aromatic carbocycles. The molecule has 0 fully saturated rings. The van der Waals surface area contributed by atoms with Gasteiger partial charge in [-0.2, -0.15) is 0 Å². The molecule has 0 heterocycles. The molecule has 0 aromatic heterocycles. The van der Waals surface area contributed by atoms with Gasteiger partial charge in [0.15, 0.2) is 0 Å². The van der Waals surface area contributed by atoms with Gasteiger partial charge in [-0.05, 0) is 55.0 Å². The monoisotopic (exact) mass is 392 g/mol. The van der Waals surface area contributed by atoms with Gasteiger partial charge in [0, 0.05) is 17.5 Å². The van der Waals surface area contributed by atoms with E-state index in [1.54, 1.807) is 30.3 Å². The second-order valence-electron chi connectivity index (χ2n) is 6.23. The Labute approximate surface area is 164 Å². The summed E-state index contributed by atoms with van der Waals surface area (Å²) in [5, 5.41) is 2.71. The minimum Gasteiger partial charge on any atom is -0.323 e. The number of anilines is 2. The lowest BCUT2D eigenvalue weighted by Crippen LogP contribution is -2.13. The molecule has 28 heavy (non-hydrogen) atoms. The predicted octanol–water partition coefficient (Wildman–Crippen LogP) is 4.45. The summed E-state index contributed by atoms with van der Waals surface area (Å²) < 4.78 is 27.5. The number of hydrogen-bond acceptors (Lipinski definition) is 3. The summed E-state index contributed by atoms with van der Waals surface area (Å²) in [5.74, 6) is -0.294. The Bertz CT molecular complexity index is 1070. The highest BCUT2D eigenvalue weighted by atomic mass is 32.2. The molecule has 0 aliphatic carbocycles. The van der Waals surface area contributed by atoms with Gasteiger partial charge >= 0.3 is 0 Å². The van der Waals surface area contributed by atoms with Crippen molar-refractivity contribution in [1.82, 2.24) is 0 Å². The van der Waals surface area contributed by atoms with Crippen LogP contribution in [0, 0.1) is 6.92 Å². The topological polar surface area (TPSA) is 75.3 Å². The molecular weight excluding hydrogens is 372 g/mol. The van der Waals surface area contributed by atoms with Crippen LogP contribution < -0.4 is 10.0 Å². The number of amides is 1. The molecule has 3 rings (SSSR count). The van der Waals surface area contributed by atoms with Crippen LogP contribution in [0.15, 0.2) is 89.8 Å². The molecule has 1 amide bonds. The van der Waals surface area contributed by atoms with Crippen molar-refractivity contribution in [1.29, 1.82) is 0 Å². The molecule has 2 N–H and O–H groups in total. The van der Waals surface area contributed by atoms with Gasteiger partial charge in [-0.1, -0.05) is 48.0 Å². The number of aryl methyl sites for hydroxylation is 1. The van der Waals surface area contributed by atoms with Crippen molar-refractivity contribution in [3.8, 4) is 0 Å². The third kappa shape index (κ3) is 5.31. The van der Waals surface area contributed by atoms with Gasteiger partial charge < -0.3 is 5.32 Å². The van der Waals surface area contributed by atoms with Crippen molar-refractivity contribution < 1.29 is 13.2 Å². The Morgan fingerprint density at radius 3 is 2.07 bits per heavy atom. The molecule has 5 nitrogen and oxygen atoms in total. The van der Waals surface area contributed by atoms with Crippen LogP contribution in [0.1, 0.15) is 11.1 Å². The molecule has 0 spiro atoms.